The Morgan fingerprint density at radius 2 is 2.42 bits per heavy atom. The van der Waals surface area contributed by atoms with E-state index in [4.69, 9.17) is 9.84 Å². The molecular weight excluding hydrogens is 158 g/mol. The van der Waals surface area contributed by atoms with Crippen LogP contribution in [-0.4, -0.2) is 48.3 Å². The lowest BCUT2D eigenvalue weighted by Crippen LogP contribution is -2.32. The first kappa shape index (κ1) is 9.48. The maximum absolute atomic E-state index is 10.7. The lowest BCUT2D eigenvalue weighted by molar-refractivity contribution is -0.141. The first-order valence-corrected chi connectivity index (χ1v) is 4.19. The van der Waals surface area contributed by atoms with E-state index >= 15 is 0 Å². The molecule has 0 aromatic carbocycles. The topological polar surface area (TPSA) is 49.8 Å². The smallest absolute Gasteiger partial charge is 0.321 e. The molecule has 0 aliphatic carbocycles. The molecule has 2 atom stereocenters. The molecule has 1 fully saturated rings. The monoisotopic (exact) mass is 173 g/mol. The SMILES string of the molecule is CCO[C@@H]1C[C@@H](C(=O)O)N(C)C1. The second-order valence-corrected chi connectivity index (χ2v) is 3.11. The second kappa shape index (κ2) is 3.87. The molecule has 1 saturated heterocycles. The fraction of sp³-hybridized carbons (Fsp3) is 0.875. The summed E-state index contributed by atoms with van der Waals surface area (Å²) in [5.74, 6) is -0.750. The molecule has 0 amide bonds. The number of ether oxygens (including phenoxy) is 1. The fourth-order valence-corrected chi connectivity index (χ4v) is 1.60. The zero-order valence-electron chi connectivity index (χ0n) is 7.49. The molecule has 0 saturated carbocycles. The summed E-state index contributed by atoms with van der Waals surface area (Å²) in [6.07, 6.45) is 0.709. The molecule has 70 valence electrons. The van der Waals surface area contributed by atoms with Crippen LogP contribution < -0.4 is 0 Å². The van der Waals surface area contributed by atoms with Crippen molar-refractivity contribution in [2.75, 3.05) is 20.2 Å². The van der Waals surface area contributed by atoms with E-state index < -0.39 is 5.97 Å². The number of hydrogen-bond acceptors (Lipinski definition) is 3. The van der Waals surface area contributed by atoms with E-state index in [0.717, 1.165) is 6.54 Å². The predicted octanol–water partition coefficient (Wildman–Crippen LogP) is 0.180. The Kier molecular flexibility index (Phi) is 3.05. The summed E-state index contributed by atoms with van der Waals surface area (Å²) in [4.78, 5) is 12.5. The normalized spacial score (nSPS) is 30.8. The van der Waals surface area contributed by atoms with Crippen molar-refractivity contribution in [1.82, 2.24) is 4.90 Å². The zero-order valence-corrected chi connectivity index (χ0v) is 7.49. The highest BCUT2D eigenvalue weighted by Gasteiger charge is 2.34. The molecule has 0 aromatic heterocycles. The average Bonchev–Trinajstić information content (AvgIpc) is 2.32. The number of carbonyl (C=O) groups is 1. The summed E-state index contributed by atoms with van der Waals surface area (Å²) in [5.41, 5.74) is 0. The lowest BCUT2D eigenvalue weighted by atomic mass is 10.2. The minimum atomic E-state index is -0.750. The summed E-state index contributed by atoms with van der Waals surface area (Å²) in [5, 5.41) is 8.77. The van der Waals surface area contributed by atoms with Crippen LogP contribution in [0.25, 0.3) is 0 Å². The van der Waals surface area contributed by atoms with Crippen LogP contribution in [0.4, 0.5) is 0 Å². The lowest BCUT2D eigenvalue weighted by Gasteiger charge is -2.12. The summed E-state index contributed by atoms with van der Waals surface area (Å²) < 4.78 is 5.35. The number of carboxylic acids is 1. The van der Waals surface area contributed by atoms with Crippen LogP contribution in [0, 0.1) is 0 Å². The summed E-state index contributed by atoms with van der Waals surface area (Å²) in [6.45, 7) is 3.31. The van der Waals surface area contributed by atoms with Gasteiger partial charge in [0.15, 0.2) is 0 Å². The van der Waals surface area contributed by atoms with Gasteiger partial charge in [0.25, 0.3) is 0 Å². The average molecular weight is 173 g/mol. The van der Waals surface area contributed by atoms with E-state index in [0.29, 0.717) is 13.0 Å². The van der Waals surface area contributed by atoms with Gasteiger partial charge in [-0.15, -0.1) is 0 Å². The molecule has 0 aromatic rings. The molecule has 0 radical (unpaired) electrons. The maximum Gasteiger partial charge on any atom is 0.321 e. The van der Waals surface area contributed by atoms with Gasteiger partial charge in [-0.1, -0.05) is 0 Å². The fourth-order valence-electron chi connectivity index (χ4n) is 1.60. The molecule has 0 bridgehead atoms. The van der Waals surface area contributed by atoms with Crippen LogP contribution in [-0.2, 0) is 9.53 Å². The van der Waals surface area contributed by atoms with Gasteiger partial charge in [0, 0.05) is 19.6 Å². The van der Waals surface area contributed by atoms with Crippen molar-refractivity contribution in [2.24, 2.45) is 0 Å². The third-order valence-corrected chi connectivity index (χ3v) is 2.20. The van der Waals surface area contributed by atoms with Crippen molar-refractivity contribution in [1.29, 1.82) is 0 Å². The Balaban J connectivity index is 2.44. The van der Waals surface area contributed by atoms with Crippen LogP contribution in [0.1, 0.15) is 13.3 Å². The van der Waals surface area contributed by atoms with E-state index in [1.165, 1.54) is 0 Å². The summed E-state index contributed by atoms with van der Waals surface area (Å²) in [7, 11) is 1.82. The third kappa shape index (κ3) is 1.95. The highest BCUT2D eigenvalue weighted by atomic mass is 16.5. The Labute approximate surface area is 72.1 Å². The Hall–Kier alpha value is -0.610. The van der Waals surface area contributed by atoms with E-state index in [-0.39, 0.29) is 12.1 Å². The first-order valence-electron chi connectivity index (χ1n) is 4.19. The Morgan fingerprint density at radius 3 is 2.83 bits per heavy atom. The minimum absolute atomic E-state index is 0.0982. The van der Waals surface area contributed by atoms with Crippen LogP contribution in [0.15, 0.2) is 0 Å². The van der Waals surface area contributed by atoms with Crippen LogP contribution >= 0.6 is 0 Å². The van der Waals surface area contributed by atoms with Crippen molar-refractivity contribution in [2.45, 2.75) is 25.5 Å². The highest BCUT2D eigenvalue weighted by Crippen LogP contribution is 2.18. The molecule has 4 nitrogen and oxygen atoms in total. The van der Waals surface area contributed by atoms with E-state index in [1.54, 1.807) is 0 Å². The van der Waals surface area contributed by atoms with E-state index in [9.17, 15) is 4.79 Å². The van der Waals surface area contributed by atoms with Crippen molar-refractivity contribution < 1.29 is 14.6 Å². The van der Waals surface area contributed by atoms with Gasteiger partial charge in [-0.05, 0) is 14.0 Å². The highest BCUT2D eigenvalue weighted by molar-refractivity contribution is 5.73. The van der Waals surface area contributed by atoms with Crippen LogP contribution in [0.3, 0.4) is 0 Å². The molecular formula is C8H15NO3. The van der Waals surface area contributed by atoms with E-state index in [2.05, 4.69) is 0 Å². The molecule has 0 unspecified atom stereocenters. The molecule has 0 spiro atoms. The largest absolute Gasteiger partial charge is 0.480 e. The molecule has 4 heteroatoms. The number of aliphatic carboxylic acids is 1. The van der Waals surface area contributed by atoms with E-state index in [1.807, 2.05) is 18.9 Å². The van der Waals surface area contributed by atoms with Gasteiger partial charge in [-0.2, -0.15) is 0 Å². The van der Waals surface area contributed by atoms with Crippen LogP contribution in [0.2, 0.25) is 0 Å². The Bertz CT molecular complexity index is 172. The number of likely N-dealkylation sites (N-methyl/N-ethyl adjacent to an activating group) is 1. The Morgan fingerprint density at radius 1 is 1.75 bits per heavy atom. The summed E-state index contributed by atoms with van der Waals surface area (Å²) in [6, 6.07) is -0.360. The van der Waals surface area contributed by atoms with Gasteiger partial charge in [-0.3, -0.25) is 9.69 Å². The predicted molar refractivity (Wildman–Crippen MR) is 44.1 cm³/mol. The molecule has 1 aliphatic rings. The maximum atomic E-state index is 10.7. The first-order chi connectivity index (χ1) is 5.65. The van der Waals surface area contributed by atoms with Gasteiger partial charge in [0.2, 0.25) is 0 Å². The number of likely N-dealkylation sites (tertiary alicyclic amines) is 1. The number of nitrogens with zero attached hydrogens (tertiary/aromatic N) is 1. The number of rotatable bonds is 3. The minimum Gasteiger partial charge on any atom is -0.480 e. The van der Waals surface area contributed by atoms with Crippen molar-refractivity contribution in [3.8, 4) is 0 Å². The van der Waals surface area contributed by atoms with Crippen molar-refractivity contribution >= 4 is 5.97 Å². The third-order valence-electron chi connectivity index (χ3n) is 2.20. The molecule has 1 aliphatic heterocycles. The molecule has 12 heavy (non-hydrogen) atoms. The molecule has 1 rings (SSSR count). The van der Waals surface area contributed by atoms with Crippen LogP contribution in [0.5, 0.6) is 0 Å². The van der Waals surface area contributed by atoms with Gasteiger partial charge in [0.1, 0.15) is 6.04 Å². The van der Waals surface area contributed by atoms with Gasteiger partial charge in [0.05, 0.1) is 6.10 Å². The standard InChI is InChI=1S/C8H15NO3/c1-3-12-6-4-7(8(10)11)9(2)5-6/h6-7H,3-5H2,1-2H3,(H,10,11)/t6-,7+/m1/s1. The van der Waals surface area contributed by atoms with Gasteiger partial charge >= 0.3 is 5.97 Å². The zero-order chi connectivity index (χ0) is 9.14. The van der Waals surface area contributed by atoms with Crippen molar-refractivity contribution in [3.63, 3.8) is 0 Å². The second-order valence-electron chi connectivity index (χ2n) is 3.11. The summed E-state index contributed by atoms with van der Waals surface area (Å²) >= 11 is 0. The van der Waals surface area contributed by atoms with Gasteiger partial charge < -0.3 is 9.84 Å². The molecule has 1 N–H and O–H groups in total. The molecule has 1 heterocycles. The quantitative estimate of drug-likeness (QED) is 0.661. The van der Waals surface area contributed by atoms with Gasteiger partial charge in [-0.25, -0.2) is 0 Å². The number of hydrogen-bond donors (Lipinski definition) is 1. The van der Waals surface area contributed by atoms with Crippen molar-refractivity contribution in [3.05, 3.63) is 0 Å². The number of carboxylic acid groups (broad SMARTS) is 1.